The molecule has 3 rings (SSSR count). The van der Waals surface area contributed by atoms with E-state index in [9.17, 15) is 8.42 Å². The lowest BCUT2D eigenvalue weighted by molar-refractivity contribution is 0.233. The Bertz CT molecular complexity index is 555. The van der Waals surface area contributed by atoms with Gasteiger partial charge < -0.3 is 10.3 Å². The Morgan fingerprint density at radius 1 is 1.30 bits per heavy atom. The molecule has 20 heavy (non-hydrogen) atoms. The normalized spacial score (nSPS) is 26.1. The van der Waals surface area contributed by atoms with E-state index in [4.69, 9.17) is 0 Å². The van der Waals surface area contributed by atoms with Crippen molar-refractivity contribution in [3.05, 3.63) is 12.0 Å². The van der Waals surface area contributed by atoms with Crippen LogP contribution in [-0.4, -0.2) is 48.4 Å². The van der Waals surface area contributed by atoms with Crippen molar-refractivity contribution in [3.8, 4) is 0 Å². The highest BCUT2D eigenvalue weighted by Gasteiger charge is 2.34. The third-order valence-corrected chi connectivity index (χ3v) is 6.27. The molecule has 1 unspecified atom stereocenters. The Morgan fingerprint density at radius 2 is 2.05 bits per heavy atom. The molecule has 1 aromatic heterocycles. The number of aromatic nitrogens is 2. The Labute approximate surface area is 120 Å². The summed E-state index contributed by atoms with van der Waals surface area (Å²) in [4.78, 5) is 6.81. The minimum atomic E-state index is -3.39. The molecule has 1 aromatic rings. The average molecular weight is 298 g/mol. The summed E-state index contributed by atoms with van der Waals surface area (Å²) < 4.78 is 26.5. The van der Waals surface area contributed by atoms with Crippen LogP contribution in [0.25, 0.3) is 0 Å². The first kappa shape index (κ1) is 14.0. The van der Waals surface area contributed by atoms with Crippen LogP contribution < -0.4 is 5.32 Å². The van der Waals surface area contributed by atoms with Gasteiger partial charge in [-0.2, -0.15) is 4.31 Å². The molecule has 0 saturated carbocycles. The molecule has 0 spiro atoms. The highest BCUT2D eigenvalue weighted by molar-refractivity contribution is 7.89. The van der Waals surface area contributed by atoms with E-state index >= 15 is 0 Å². The first-order chi connectivity index (χ1) is 9.57. The summed E-state index contributed by atoms with van der Waals surface area (Å²) in [5.41, 5.74) is 0. The summed E-state index contributed by atoms with van der Waals surface area (Å²) in [6.45, 7) is 4.10. The minimum absolute atomic E-state index is 0.215. The van der Waals surface area contributed by atoms with E-state index in [1.807, 2.05) is 0 Å². The summed E-state index contributed by atoms with van der Waals surface area (Å²) in [5.74, 6) is 1.25. The van der Waals surface area contributed by atoms with Gasteiger partial charge in [0, 0.05) is 19.1 Å². The zero-order valence-corrected chi connectivity index (χ0v) is 12.6. The number of sulfonamides is 1. The van der Waals surface area contributed by atoms with Crippen LogP contribution in [0.5, 0.6) is 0 Å². The fraction of sp³-hybridized carbons (Fsp3) is 0.769. The van der Waals surface area contributed by atoms with Crippen molar-refractivity contribution < 1.29 is 8.42 Å². The van der Waals surface area contributed by atoms with E-state index < -0.39 is 10.0 Å². The lowest BCUT2D eigenvalue weighted by Crippen LogP contribution is -2.43. The van der Waals surface area contributed by atoms with Gasteiger partial charge >= 0.3 is 0 Å². The molecule has 0 amide bonds. The number of hydrogen-bond donors (Lipinski definition) is 2. The van der Waals surface area contributed by atoms with Crippen molar-refractivity contribution in [2.75, 3.05) is 19.6 Å². The lowest BCUT2D eigenvalue weighted by Gasteiger charge is -2.33. The monoisotopic (exact) mass is 298 g/mol. The predicted octanol–water partition coefficient (Wildman–Crippen LogP) is 0.871. The molecule has 0 bridgehead atoms. The maximum absolute atomic E-state index is 12.5. The summed E-state index contributed by atoms with van der Waals surface area (Å²) in [6.07, 6.45) is 5.79. The Balaban J connectivity index is 1.65. The number of hydrogen-bond acceptors (Lipinski definition) is 4. The zero-order chi connectivity index (χ0) is 14.2. The number of aryl methyl sites for hydroxylation is 1. The van der Waals surface area contributed by atoms with Crippen LogP contribution in [0.15, 0.2) is 11.2 Å². The van der Waals surface area contributed by atoms with Gasteiger partial charge in [-0.25, -0.2) is 13.4 Å². The van der Waals surface area contributed by atoms with E-state index in [1.54, 1.807) is 11.2 Å². The molecule has 0 radical (unpaired) electrons. The van der Waals surface area contributed by atoms with Gasteiger partial charge in [-0.1, -0.05) is 0 Å². The van der Waals surface area contributed by atoms with Gasteiger partial charge in [0.1, 0.15) is 5.82 Å². The van der Waals surface area contributed by atoms with Gasteiger partial charge in [-0.05, 0) is 45.1 Å². The summed E-state index contributed by atoms with van der Waals surface area (Å²) in [7, 11) is -3.39. The molecule has 2 aliphatic heterocycles. The minimum Gasteiger partial charge on any atom is -0.332 e. The van der Waals surface area contributed by atoms with Crippen molar-refractivity contribution in [1.82, 2.24) is 19.6 Å². The van der Waals surface area contributed by atoms with E-state index in [1.165, 1.54) is 19.0 Å². The Kier molecular flexibility index (Phi) is 3.83. The number of H-pyrrole nitrogens is 1. The molecular weight excluding hydrogens is 276 g/mol. The Hall–Kier alpha value is -0.920. The third-order valence-electron chi connectivity index (χ3n) is 4.46. The Morgan fingerprint density at radius 3 is 2.60 bits per heavy atom. The van der Waals surface area contributed by atoms with Crippen LogP contribution in [0.2, 0.25) is 0 Å². The molecule has 6 nitrogen and oxygen atoms in total. The van der Waals surface area contributed by atoms with Crippen molar-refractivity contribution in [2.24, 2.45) is 5.92 Å². The van der Waals surface area contributed by atoms with Crippen molar-refractivity contribution in [2.45, 2.75) is 43.7 Å². The van der Waals surface area contributed by atoms with Crippen LogP contribution in [-0.2, 0) is 10.0 Å². The number of imidazole rings is 1. The second-order valence-corrected chi connectivity index (χ2v) is 7.68. The largest absolute Gasteiger partial charge is 0.332 e. The van der Waals surface area contributed by atoms with Crippen LogP contribution in [0.4, 0.5) is 0 Å². The fourth-order valence-corrected chi connectivity index (χ4v) is 4.73. The van der Waals surface area contributed by atoms with Gasteiger partial charge in [-0.15, -0.1) is 0 Å². The van der Waals surface area contributed by atoms with Crippen molar-refractivity contribution in [1.29, 1.82) is 0 Å². The maximum Gasteiger partial charge on any atom is 0.260 e. The van der Waals surface area contributed by atoms with E-state index in [0.29, 0.717) is 30.9 Å². The zero-order valence-electron chi connectivity index (χ0n) is 11.8. The fourth-order valence-electron chi connectivity index (χ4n) is 3.30. The van der Waals surface area contributed by atoms with Crippen LogP contribution >= 0.6 is 0 Å². The summed E-state index contributed by atoms with van der Waals surface area (Å²) >= 11 is 0. The maximum atomic E-state index is 12.5. The summed E-state index contributed by atoms with van der Waals surface area (Å²) in [5, 5.41) is 3.75. The first-order valence-corrected chi connectivity index (χ1v) is 8.76. The van der Waals surface area contributed by atoms with Gasteiger partial charge in [0.25, 0.3) is 10.0 Å². The predicted molar refractivity (Wildman–Crippen MR) is 75.8 cm³/mol. The van der Waals surface area contributed by atoms with Gasteiger partial charge in [-0.3, -0.25) is 0 Å². The van der Waals surface area contributed by atoms with Crippen LogP contribution in [0, 0.1) is 12.8 Å². The molecule has 7 heteroatoms. The third kappa shape index (κ3) is 2.62. The van der Waals surface area contributed by atoms with Gasteiger partial charge in [0.15, 0.2) is 5.03 Å². The molecule has 2 fully saturated rings. The molecule has 1 atom stereocenters. The van der Waals surface area contributed by atoms with Crippen molar-refractivity contribution >= 4 is 10.0 Å². The molecule has 2 N–H and O–H groups in total. The molecule has 2 aliphatic rings. The second kappa shape index (κ2) is 5.46. The van der Waals surface area contributed by atoms with E-state index in [2.05, 4.69) is 15.3 Å². The number of rotatable bonds is 3. The first-order valence-electron chi connectivity index (χ1n) is 7.32. The number of piperidine rings is 1. The van der Waals surface area contributed by atoms with Crippen LogP contribution in [0.3, 0.4) is 0 Å². The highest BCUT2D eigenvalue weighted by Crippen LogP contribution is 2.28. The molecule has 0 aromatic carbocycles. The molecular formula is C13H22N4O2S. The number of aromatic amines is 1. The quantitative estimate of drug-likeness (QED) is 0.868. The molecule has 2 saturated heterocycles. The van der Waals surface area contributed by atoms with Crippen molar-refractivity contribution in [3.63, 3.8) is 0 Å². The standard InChI is InChI=1S/C13H22N4O2S/c1-10-15-9-13(16-10)20(18,19)17-7-4-11(5-8-17)12-3-2-6-14-12/h9,11-12,14H,2-8H2,1H3,(H,15,16). The smallest absolute Gasteiger partial charge is 0.260 e. The van der Waals surface area contributed by atoms with Gasteiger partial charge in [0.2, 0.25) is 0 Å². The molecule has 0 aliphatic carbocycles. The summed E-state index contributed by atoms with van der Waals surface area (Å²) in [6, 6.07) is 0.592. The number of nitrogens with one attached hydrogen (secondary N) is 2. The average Bonchev–Trinajstić information content (AvgIpc) is 3.10. The molecule has 3 heterocycles. The lowest BCUT2D eigenvalue weighted by atomic mass is 9.89. The SMILES string of the molecule is Cc1ncc(S(=O)(=O)N2CCC(C3CCCN3)CC2)[nH]1. The number of nitrogens with zero attached hydrogens (tertiary/aromatic N) is 2. The van der Waals surface area contributed by atoms with E-state index in [-0.39, 0.29) is 5.03 Å². The van der Waals surface area contributed by atoms with E-state index in [0.717, 1.165) is 19.4 Å². The second-order valence-electron chi connectivity index (χ2n) is 5.78. The highest BCUT2D eigenvalue weighted by atomic mass is 32.2. The van der Waals surface area contributed by atoms with Crippen LogP contribution in [0.1, 0.15) is 31.5 Å². The van der Waals surface area contributed by atoms with Gasteiger partial charge in [0.05, 0.1) is 6.20 Å². The topological polar surface area (TPSA) is 78.1 Å². The molecule has 112 valence electrons.